The molecule has 5 heteroatoms. The molecule has 0 spiro atoms. The van der Waals surface area contributed by atoms with E-state index in [-0.39, 0.29) is 12.2 Å². The van der Waals surface area contributed by atoms with Crippen LogP contribution in [0.3, 0.4) is 0 Å². The summed E-state index contributed by atoms with van der Waals surface area (Å²) in [5.41, 5.74) is 0. The van der Waals surface area contributed by atoms with Crippen LogP contribution in [0.2, 0.25) is 0 Å². The quantitative estimate of drug-likeness (QED) is 0.585. The second kappa shape index (κ2) is 8.64. The average molecular weight is 218 g/mol. The molecule has 0 fully saturated rings. The fraction of sp³-hybridized carbons (Fsp3) is 0.900. The summed E-state index contributed by atoms with van der Waals surface area (Å²) in [6, 6.07) is 0. The number of ether oxygens (including phenoxy) is 2. The van der Waals surface area contributed by atoms with Gasteiger partial charge in [0.25, 0.3) is 0 Å². The van der Waals surface area contributed by atoms with Gasteiger partial charge in [-0.2, -0.15) is 0 Å². The van der Waals surface area contributed by atoms with Crippen LogP contribution in [0.5, 0.6) is 0 Å². The van der Waals surface area contributed by atoms with Crippen molar-refractivity contribution >= 4 is 5.91 Å². The van der Waals surface area contributed by atoms with Crippen LogP contribution in [-0.4, -0.2) is 58.0 Å². The van der Waals surface area contributed by atoms with Gasteiger partial charge in [-0.1, -0.05) is 6.92 Å². The van der Waals surface area contributed by atoms with Crippen LogP contribution >= 0.6 is 0 Å². The van der Waals surface area contributed by atoms with E-state index in [4.69, 9.17) is 9.47 Å². The maximum Gasteiger partial charge on any atom is 0.234 e. The summed E-state index contributed by atoms with van der Waals surface area (Å²) in [5, 5.41) is 2.81. The van der Waals surface area contributed by atoms with Gasteiger partial charge in [0.05, 0.1) is 6.54 Å². The molecule has 0 unspecified atom stereocenters. The highest BCUT2D eigenvalue weighted by Gasteiger charge is 2.11. The third kappa shape index (κ3) is 7.30. The molecule has 0 aliphatic heterocycles. The van der Waals surface area contributed by atoms with Crippen LogP contribution in [-0.2, 0) is 14.3 Å². The highest BCUT2D eigenvalue weighted by Crippen LogP contribution is 1.94. The van der Waals surface area contributed by atoms with Crippen molar-refractivity contribution < 1.29 is 14.3 Å². The number of likely N-dealkylation sites (N-methyl/N-ethyl adjacent to an activating group) is 1. The molecule has 0 aliphatic carbocycles. The molecule has 0 bridgehead atoms. The second-order valence-corrected chi connectivity index (χ2v) is 3.45. The van der Waals surface area contributed by atoms with Gasteiger partial charge in [0.2, 0.25) is 5.91 Å². The number of carbonyl (C=O) groups excluding carboxylic acids is 1. The molecule has 0 rings (SSSR count). The number of hydrogen-bond donors (Lipinski definition) is 1. The molecule has 0 aromatic rings. The lowest BCUT2D eigenvalue weighted by Gasteiger charge is -2.21. The lowest BCUT2D eigenvalue weighted by atomic mass is 10.4. The highest BCUT2D eigenvalue weighted by atomic mass is 16.7. The van der Waals surface area contributed by atoms with Crippen molar-refractivity contribution in [3.05, 3.63) is 0 Å². The minimum atomic E-state index is -0.283. The Balaban J connectivity index is 3.71. The summed E-state index contributed by atoms with van der Waals surface area (Å²) >= 11 is 0. The number of nitrogens with one attached hydrogen (secondary N) is 1. The number of nitrogens with zero attached hydrogens (tertiary/aromatic N) is 1. The van der Waals surface area contributed by atoms with Gasteiger partial charge >= 0.3 is 0 Å². The van der Waals surface area contributed by atoms with E-state index < -0.39 is 0 Å². The Morgan fingerprint density at radius 2 is 2.00 bits per heavy atom. The van der Waals surface area contributed by atoms with E-state index in [1.807, 2.05) is 18.9 Å². The molecule has 5 nitrogen and oxygen atoms in total. The first-order valence-electron chi connectivity index (χ1n) is 5.14. The van der Waals surface area contributed by atoms with Gasteiger partial charge in [-0.25, -0.2) is 0 Å². The molecule has 90 valence electrons. The Morgan fingerprint density at radius 3 is 2.47 bits per heavy atom. The molecule has 0 aromatic heterocycles. The van der Waals surface area contributed by atoms with Crippen molar-refractivity contribution in [2.24, 2.45) is 0 Å². The number of amides is 1. The van der Waals surface area contributed by atoms with Gasteiger partial charge in [-0.3, -0.25) is 9.69 Å². The van der Waals surface area contributed by atoms with Crippen molar-refractivity contribution in [3.8, 4) is 0 Å². The predicted molar refractivity (Wildman–Crippen MR) is 58.6 cm³/mol. The molecule has 0 saturated carbocycles. The van der Waals surface area contributed by atoms with Gasteiger partial charge in [-0.15, -0.1) is 0 Å². The van der Waals surface area contributed by atoms with E-state index in [9.17, 15) is 4.79 Å². The number of carbonyl (C=O) groups is 1. The lowest BCUT2D eigenvalue weighted by Crippen LogP contribution is -2.39. The average Bonchev–Trinajstić information content (AvgIpc) is 2.22. The highest BCUT2D eigenvalue weighted by molar-refractivity contribution is 5.77. The first-order chi connectivity index (χ1) is 7.13. The molecule has 15 heavy (non-hydrogen) atoms. The number of methoxy groups -OCH3 is 2. The summed E-state index contributed by atoms with van der Waals surface area (Å²) in [7, 11) is 5.02. The summed E-state index contributed by atoms with van der Waals surface area (Å²) in [6.07, 6.45) is 0.669. The summed E-state index contributed by atoms with van der Waals surface area (Å²) in [6.45, 7) is 3.69. The van der Waals surface area contributed by atoms with Gasteiger partial charge in [0.15, 0.2) is 6.29 Å². The SMILES string of the molecule is CCCNC(=O)CN(C)CC(OC)OC. The fourth-order valence-corrected chi connectivity index (χ4v) is 1.13. The topological polar surface area (TPSA) is 50.8 Å². The second-order valence-electron chi connectivity index (χ2n) is 3.45. The smallest absolute Gasteiger partial charge is 0.234 e. The van der Waals surface area contributed by atoms with Crippen molar-refractivity contribution in [2.75, 3.05) is 40.9 Å². The zero-order valence-electron chi connectivity index (χ0n) is 10.1. The van der Waals surface area contributed by atoms with E-state index in [1.165, 1.54) is 0 Å². The van der Waals surface area contributed by atoms with E-state index in [2.05, 4.69) is 5.32 Å². The van der Waals surface area contributed by atoms with Crippen LogP contribution < -0.4 is 5.32 Å². The Hall–Kier alpha value is -0.650. The third-order valence-corrected chi connectivity index (χ3v) is 1.97. The van der Waals surface area contributed by atoms with Crippen molar-refractivity contribution in [3.63, 3.8) is 0 Å². The van der Waals surface area contributed by atoms with E-state index in [0.29, 0.717) is 13.1 Å². The first-order valence-corrected chi connectivity index (χ1v) is 5.14. The summed E-state index contributed by atoms with van der Waals surface area (Å²) in [5.74, 6) is 0.0327. The molecule has 0 aromatic carbocycles. The van der Waals surface area contributed by atoms with Gasteiger partial charge in [-0.05, 0) is 13.5 Å². The predicted octanol–water partition coefficient (Wildman–Crippen LogP) is 0.0633. The van der Waals surface area contributed by atoms with Crippen LogP contribution in [0.15, 0.2) is 0 Å². The van der Waals surface area contributed by atoms with Crippen LogP contribution in [0.1, 0.15) is 13.3 Å². The molecule has 1 amide bonds. The molecule has 0 atom stereocenters. The molecular formula is C10H22N2O3. The number of hydrogen-bond acceptors (Lipinski definition) is 4. The Labute approximate surface area is 91.7 Å². The Bertz CT molecular complexity index is 172. The standard InChI is InChI=1S/C10H22N2O3/c1-5-6-11-9(13)7-12(2)8-10(14-3)15-4/h10H,5-8H2,1-4H3,(H,11,13). The Morgan fingerprint density at radius 1 is 1.40 bits per heavy atom. The van der Waals surface area contributed by atoms with Crippen molar-refractivity contribution in [1.29, 1.82) is 0 Å². The summed E-state index contributed by atoms with van der Waals surface area (Å²) in [4.78, 5) is 13.2. The van der Waals surface area contributed by atoms with Crippen LogP contribution in [0, 0.1) is 0 Å². The fourth-order valence-electron chi connectivity index (χ4n) is 1.13. The maximum atomic E-state index is 11.3. The zero-order chi connectivity index (χ0) is 11.7. The summed E-state index contributed by atoms with van der Waals surface area (Å²) < 4.78 is 10.1. The van der Waals surface area contributed by atoms with Gasteiger partial charge < -0.3 is 14.8 Å². The zero-order valence-corrected chi connectivity index (χ0v) is 10.1. The molecule has 0 radical (unpaired) electrons. The molecular weight excluding hydrogens is 196 g/mol. The normalized spacial score (nSPS) is 11.1. The molecule has 0 aliphatic rings. The molecule has 0 heterocycles. The lowest BCUT2D eigenvalue weighted by molar-refractivity contribution is -0.127. The van der Waals surface area contributed by atoms with E-state index in [0.717, 1.165) is 13.0 Å². The molecule has 1 N–H and O–H groups in total. The first kappa shape index (κ1) is 14.3. The van der Waals surface area contributed by atoms with Crippen LogP contribution in [0.4, 0.5) is 0 Å². The number of rotatable bonds is 8. The minimum absolute atomic E-state index is 0.0327. The Kier molecular flexibility index (Phi) is 8.27. The minimum Gasteiger partial charge on any atom is -0.355 e. The molecule has 0 saturated heterocycles. The van der Waals surface area contributed by atoms with E-state index >= 15 is 0 Å². The maximum absolute atomic E-state index is 11.3. The van der Waals surface area contributed by atoms with Crippen molar-refractivity contribution in [1.82, 2.24) is 10.2 Å². The van der Waals surface area contributed by atoms with Gasteiger partial charge in [0, 0.05) is 27.3 Å². The van der Waals surface area contributed by atoms with Crippen molar-refractivity contribution in [2.45, 2.75) is 19.6 Å². The third-order valence-electron chi connectivity index (χ3n) is 1.97. The van der Waals surface area contributed by atoms with E-state index in [1.54, 1.807) is 14.2 Å². The van der Waals surface area contributed by atoms with Gasteiger partial charge in [0.1, 0.15) is 0 Å². The largest absolute Gasteiger partial charge is 0.355 e. The van der Waals surface area contributed by atoms with Crippen LogP contribution in [0.25, 0.3) is 0 Å². The monoisotopic (exact) mass is 218 g/mol.